The Morgan fingerprint density at radius 1 is 1.37 bits per heavy atom. The van der Waals surface area contributed by atoms with Gasteiger partial charge >= 0.3 is 0 Å². The van der Waals surface area contributed by atoms with Gasteiger partial charge in [-0.15, -0.1) is 0 Å². The maximum absolute atomic E-state index is 9.85. The maximum atomic E-state index is 9.85. The lowest BCUT2D eigenvalue weighted by Crippen LogP contribution is -2.39. The summed E-state index contributed by atoms with van der Waals surface area (Å²) in [7, 11) is 0. The molecule has 1 aromatic rings. The summed E-state index contributed by atoms with van der Waals surface area (Å²) in [6, 6.07) is 7.63. The quantitative estimate of drug-likeness (QED) is 0.809. The zero-order valence-corrected chi connectivity index (χ0v) is 12.8. The number of hydrogen-bond donors (Lipinski definition) is 2. The van der Waals surface area contributed by atoms with Gasteiger partial charge in [0.15, 0.2) is 0 Å². The molecule has 0 amide bonds. The minimum atomic E-state index is -0.676. The molecule has 1 unspecified atom stereocenters. The molecule has 0 aliphatic heterocycles. The van der Waals surface area contributed by atoms with Crippen LogP contribution >= 0.6 is 11.6 Å². The Morgan fingerprint density at radius 2 is 2.00 bits per heavy atom. The van der Waals surface area contributed by atoms with Gasteiger partial charge in [0.05, 0.1) is 5.60 Å². The van der Waals surface area contributed by atoms with Gasteiger partial charge in [0.2, 0.25) is 0 Å². The van der Waals surface area contributed by atoms with Crippen LogP contribution in [0.2, 0.25) is 5.02 Å². The molecule has 1 aromatic carbocycles. The molecule has 0 bridgehead atoms. The van der Waals surface area contributed by atoms with E-state index in [0.29, 0.717) is 6.54 Å². The Balaban J connectivity index is 2.53. The minimum absolute atomic E-state index is 0.0652. The van der Waals surface area contributed by atoms with Crippen molar-refractivity contribution in [3.63, 3.8) is 0 Å². The zero-order chi connectivity index (χ0) is 14.5. The molecule has 1 atom stereocenters. The molecule has 0 radical (unpaired) electrons. The van der Waals surface area contributed by atoms with Gasteiger partial charge in [-0.1, -0.05) is 36.7 Å². The van der Waals surface area contributed by atoms with E-state index in [4.69, 9.17) is 17.3 Å². The van der Waals surface area contributed by atoms with Crippen molar-refractivity contribution in [2.75, 3.05) is 19.6 Å². The molecule has 0 aliphatic carbocycles. The van der Waals surface area contributed by atoms with E-state index >= 15 is 0 Å². The fourth-order valence-electron chi connectivity index (χ4n) is 2.15. The summed E-state index contributed by atoms with van der Waals surface area (Å²) in [5.41, 5.74) is 6.50. The monoisotopic (exact) mass is 284 g/mol. The fraction of sp³-hybridized carbons (Fsp3) is 0.600. The van der Waals surface area contributed by atoms with Crippen LogP contribution in [-0.4, -0.2) is 35.2 Å². The van der Waals surface area contributed by atoms with Crippen LogP contribution in [0.5, 0.6) is 0 Å². The number of benzene rings is 1. The Labute approximate surface area is 121 Å². The first-order valence-corrected chi connectivity index (χ1v) is 7.16. The van der Waals surface area contributed by atoms with E-state index in [-0.39, 0.29) is 6.04 Å². The molecule has 19 heavy (non-hydrogen) atoms. The van der Waals surface area contributed by atoms with Crippen LogP contribution in [-0.2, 0) is 0 Å². The van der Waals surface area contributed by atoms with Crippen molar-refractivity contribution in [3.05, 3.63) is 34.9 Å². The predicted molar refractivity (Wildman–Crippen MR) is 81.4 cm³/mol. The lowest BCUT2D eigenvalue weighted by atomic mass is 10.0. The Hall–Kier alpha value is -0.610. The van der Waals surface area contributed by atoms with Crippen molar-refractivity contribution in [1.29, 1.82) is 0 Å². The second-order valence-electron chi connectivity index (χ2n) is 5.60. The standard InChI is InChI=1S/C15H25ClN2O/c1-4-18(11-15(2,3)19)10-9-14(17)12-7-5-6-8-13(12)16/h5-8,14,19H,4,9-11,17H2,1-3H3. The molecule has 108 valence electrons. The Morgan fingerprint density at radius 3 is 2.53 bits per heavy atom. The molecule has 0 heterocycles. The first-order valence-electron chi connectivity index (χ1n) is 6.78. The van der Waals surface area contributed by atoms with E-state index < -0.39 is 5.60 Å². The van der Waals surface area contributed by atoms with Gasteiger partial charge in [-0.2, -0.15) is 0 Å². The third-order valence-corrected chi connectivity index (χ3v) is 3.46. The number of rotatable bonds is 7. The summed E-state index contributed by atoms with van der Waals surface area (Å²) in [5, 5.41) is 10.6. The first kappa shape index (κ1) is 16.4. The van der Waals surface area contributed by atoms with Gasteiger partial charge in [-0.05, 0) is 38.4 Å². The van der Waals surface area contributed by atoms with E-state index in [1.54, 1.807) is 0 Å². The Kier molecular flexibility index (Phi) is 6.27. The molecule has 0 spiro atoms. The highest BCUT2D eigenvalue weighted by Gasteiger charge is 2.18. The van der Waals surface area contributed by atoms with E-state index in [2.05, 4.69) is 11.8 Å². The molecule has 0 aromatic heterocycles. The van der Waals surface area contributed by atoms with Crippen LogP contribution < -0.4 is 5.73 Å². The highest BCUT2D eigenvalue weighted by atomic mass is 35.5. The number of nitrogens with zero attached hydrogens (tertiary/aromatic N) is 1. The minimum Gasteiger partial charge on any atom is -0.389 e. The summed E-state index contributed by atoms with van der Waals surface area (Å²) in [4.78, 5) is 2.21. The summed E-state index contributed by atoms with van der Waals surface area (Å²) in [5.74, 6) is 0. The van der Waals surface area contributed by atoms with Crippen LogP contribution in [0, 0.1) is 0 Å². The van der Waals surface area contributed by atoms with E-state index in [9.17, 15) is 5.11 Å². The maximum Gasteiger partial charge on any atom is 0.0718 e. The van der Waals surface area contributed by atoms with Crippen LogP contribution in [0.25, 0.3) is 0 Å². The van der Waals surface area contributed by atoms with Gasteiger partial charge in [-0.25, -0.2) is 0 Å². The van der Waals surface area contributed by atoms with E-state index in [1.165, 1.54) is 0 Å². The average Bonchev–Trinajstić information content (AvgIpc) is 2.33. The number of hydrogen-bond acceptors (Lipinski definition) is 3. The van der Waals surface area contributed by atoms with Crippen molar-refractivity contribution in [2.45, 2.75) is 38.8 Å². The van der Waals surface area contributed by atoms with Crippen molar-refractivity contribution in [1.82, 2.24) is 4.90 Å². The molecular formula is C15H25ClN2O. The normalized spacial score (nSPS) is 13.8. The lowest BCUT2D eigenvalue weighted by molar-refractivity contribution is 0.0370. The molecule has 0 aliphatic rings. The second kappa shape index (κ2) is 7.25. The molecule has 0 fully saturated rings. The van der Waals surface area contributed by atoms with Crippen LogP contribution in [0.4, 0.5) is 0 Å². The van der Waals surface area contributed by atoms with E-state index in [0.717, 1.165) is 30.1 Å². The van der Waals surface area contributed by atoms with Gasteiger partial charge in [-0.3, -0.25) is 0 Å². The summed E-state index contributed by atoms with van der Waals surface area (Å²) in [6.45, 7) is 8.14. The first-order chi connectivity index (χ1) is 8.83. The van der Waals surface area contributed by atoms with E-state index in [1.807, 2.05) is 38.1 Å². The average molecular weight is 285 g/mol. The van der Waals surface area contributed by atoms with Gasteiger partial charge < -0.3 is 15.7 Å². The predicted octanol–water partition coefficient (Wildman–Crippen LogP) is 2.82. The molecule has 4 heteroatoms. The van der Waals surface area contributed by atoms with Gasteiger partial charge in [0, 0.05) is 24.2 Å². The van der Waals surface area contributed by atoms with Crippen LogP contribution in [0.1, 0.15) is 38.8 Å². The lowest BCUT2D eigenvalue weighted by Gasteiger charge is -2.29. The van der Waals surface area contributed by atoms with Crippen LogP contribution in [0.3, 0.4) is 0 Å². The van der Waals surface area contributed by atoms with Crippen molar-refractivity contribution >= 4 is 11.6 Å². The SMILES string of the molecule is CCN(CCC(N)c1ccccc1Cl)CC(C)(C)O. The third-order valence-electron chi connectivity index (χ3n) is 3.12. The molecule has 3 N–H and O–H groups in total. The van der Waals surface area contributed by atoms with Crippen molar-refractivity contribution in [2.24, 2.45) is 5.73 Å². The van der Waals surface area contributed by atoms with Crippen molar-refractivity contribution in [3.8, 4) is 0 Å². The topological polar surface area (TPSA) is 49.5 Å². The number of nitrogens with two attached hydrogens (primary N) is 1. The summed E-state index contributed by atoms with van der Waals surface area (Å²) >= 11 is 6.14. The molecule has 0 saturated heterocycles. The number of halogens is 1. The highest BCUT2D eigenvalue weighted by molar-refractivity contribution is 6.31. The Bertz CT molecular complexity index is 390. The van der Waals surface area contributed by atoms with Crippen molar-refractivity contribution < 1.29 is 5.11 Å². The third kappa shape index (κ3) is 5.91. The summed E-state index contributed by atoms with van der Waals surface area (Å²) < 4.78 is 0. The molecule has 1 rings (SSSR count). The number of aliphatic hydroxyl groups is 1. The molecule has 3 nitrogen and oxygen atoms in total. The zero-order valence-electron chi connectivity index (χ0n) is 12.1. The fourth-order valence-corrected chi connectivity index (χ4v) is 2.43. The van der Waals surface area contributed by atoms with Crippen LogP contribution in [0.15, 0.2) is 24.3 Å². The second-order valence-corrected chi connectivity index (χ2v) is 6.01. The van der Waals surface area contributed by atoms with Gasteiger partial charge in [0.25, 0.3) is 0 Å². The highest BCUT2D eigenvalue weighted by Crippen LogP contribution is 2.23. The number of likely N-dealkylation sites (N-methyl/N-ethyl adjacent to an activating group) is 1. The largest absolute Gasteiger partial charge is 0.389 e. The smallest absolute Gasteiger partial charge is 0.0718 e. The summed E-state index contributed by atoms with van der Waals surface area (Å²) in [6.07, 6.45) is 0.827. The van der Waals surface area contributed by atoms with Gasteiger partial charge in [0.1, 0.15) is 0 Å². The molecule has 0 saturated carbocycles. The molecular weight excluding hydrogens is 260 g/mol.